The molecule has 4 bridgehead atoms. The van der Waals surface area contributed by atoms with Crippen molar-refractivity contribution in [1.29, 1.82) is 10.8 Å². The third kappa shape index (κ3) is 5.39. The quantitative estimate of drug-likeness (QED) is 0.507. The molecule has 0 aromatic heterocycles. The van der Waals surface area contributed by atoms with Crippen LogP contribution in [0.4, 0.5) is 0 Å². The first-order valence-corrected chi connectivity index (χ1v) is 5.81. The minimum absolute atomic E-state index is 0. The Morgan fingerprint density at radius 1 is 0.611 bits per heavy atom. The molecule has 0 heterocycles. The van der Waals surface area contributed by atoms with Crippen LogP contribution in [0.3, 0.4) is 0 Å². The van der Waals surface area contributed by atoms with E-state index in [2.05, 4.69) is 0 Å². The monoisotopic (exact) mass is 254 g/mol. The Balaban J connectivity index is 0. The Kier molecular flexibility index (Phi) is 10.4. The van der Waals surface area contributed by atoms with Crippen molar-refractivity contribution in [3.8, 4) is 0 Å². The molecule has 0 aromatic carbocycles. The van der Waals surface area contributed by atoms with Gasteiger partial charge in [-0.05, 0) is 62.2 Å². The normalized spacial score (nSPS) is 32.9. The fourth-order valence-electron chi connectivity index (χ4n) is 3.98. The molecular weight excluding hydrogens is 228 g/mol. The summed E-state index contributed by atoms with van der Waals surface area (Å²) >= 11 is 0. The van der Waals surface area contributed by atoms with E-state index in [-0.39, 0.29) is 14.9 Å². The molecule has 4 fully saturated rings. The smallest absolute Gasteiger partial charge is 0.222 e. The Labute approximate surface area is 110 Å². The summed E-state index contributed by atoms with van der Waals surface area (Å²) in [7, 11) is 0. The van der Waals surface area contributed by atoms with Gasteiger partial charge in [-0.3, -0.25) is 0 Å². The Morgan fingerprint density at radius 3 is 0.833 bits per heavy atom. The van der Waals surface area contributed by atoms with Crippen molar-refractivity contribution in [1.82, 2.24) is 0 Å². The number of hydrogen-bond acceptors (Lipinski definition) is 4. The molecule has 0 amide bonds. The fraction of sp³-hybridized carbons (Fsp3) is 0.857. The van der Waals surface area contributed by atoms with Gasteiger partial charge in [0.05, 0.1) is 0 Å². The summed E-state index contributed by atoms with van der Waals surface area (Å²) in [5.74, 6) is 4.71. The molecule has 4 heteroatoms. The molecule has 0 radical (unpaired) electrons. The van der Waals surface area contributed by atoms with E-state index in [0.717, 1.165) is 12.2 Å². The van der Waals surface area contributed by atoms with Crippen molar-refractivity contribution < 1.29 is 9.59 Å². The second-order valence-electron chi connectivity index (χ2n) is 5.08. The highest BCUT2D eigenvalue weighted by molar-refractivity contribution is 5.26. The van der Waals surface area contributed by atoms with Gasteiger partial charge in [0.2, 0.25) is 12.2 Å². The van der Waals surface area contributed by atoms with Crippen LogP contribution in [0.15, 0.2) is 0 Å². The topological polar surface area (TPSA) is 81.8 Å². The molecule has 0 unspecified atom stereocenters. The molecule has 0 spiro atoms. The van der Waals surface area contributed by atoms with E-state index < -0.39 is 0 Å². The summed E-state index contributed by atoms with van der Waals surface area (Å²) < 4.78 is 0. The highest BCUT2D eigenvalue weighted by Crippen LogP contribution is 2.53. The van der Waals surface area contributed by atoms with E-state index in [1.54, 1.807) is 38.5 Å². The molecule has 18 heavy (non-hydrogen) atoms. The van der Waals surface area contributed by atoms with Crippen LogP contribution < -0.4 is 0 Å². The second-order valence-corrected chi connectivity index (χ2v) is 5.08. The molecular formula is C14H26N2O2. The zero-order valence-electron chi connectivity index (χ0n) is 9.37. The van der Waals surface area contributed by atoms with Crippen molar-refractivity contribution in [3.63, 3.8) is 0 Å². The maximum absolute atomic E-state index is 8.35. The van der Waals surface area contributed by atoms with E-state index in [1.807, 2.05) is 0 Å². The molecule has 2 N–H and O–H groups in total. The lowest BCUT2D eigenvalue weighted by Gasteiger charge is -2.49. The Morgan fingerprint density at radius 2 is 0.722 bits per heavy atom. The molecule has 4 rings (SSSR count). The van der Waals surface area contributed by atoms with Gasteiger partial charge in [-0.2, -0.15) is 0 Å². The molecule has 0 aliphatic heterocycles. The first-order valence-electron chi connectivity index (χ1n) is 5.81. The minimum atomic E-state index is 0. The van der Waals surface area contributed by atoms with Gasteiger partial charge in [-0.15, -0.1) is 0 Å². The second kappa shape index (κ2) is 9.76. The van der Waals surface area contributed by atoms with Gasteiger partial charge in [-0.25, -0.2) is 20.4 Å². The summed E-state index contributed by atoms with van der Waals surface area (Å²) in [5, 5.41) is 10.8. The number of carbonyl (C=O) groups excluding carboxylic acids is 2. The number of rotatable bonds is 0. The van der Waals surface area contributed by atoms with E-state index in [1.165, 1.54) is 23.7 Å². The zero-order valence-corrected chi connectivity index (χ0v) is 9.37. The first kappa shape index (κ1) is 19.1. The summed E-state index contributed by atoms with van der Waals surface area (Å²) in [4.78, 5) is 16.7. The maximum Gasteiger partial charge on any atom is 0.231 e. The van der Waals surface area contributed by atoms with Crippen LogP contribution in [0, 0.1) is 34.5 Å². The van der Waals surface area contributed by atoms with Gasteiger partial charge >= 0.3 is 0 Å². The molecule has 0 aromatic rings. The van der Waals surface area contributed by atoms with E-state index in [0.29, 0.717) is 0 Å². The number of nitrogens with one attached hydrogen (secondary N) is 2. The largest absolute Gasteiger partial charge is 0.231 e. The predicted octanol–water partition coefficient (Wildman–Crippen LogP) is 3.91. The summed E-state index contributed by atoms with van der Waals surface area (Å²) in [5.41, 5.74) is 0. The molecule has 104 valence electrons. The molecule has 0 saturated heterocycles. The molecule has 4 nitrogen and oxygen atoms in total. The Bertz CT molecular complexity index is 222. The van der Waals surface area contributed by atoms with Gasteiger partial charge in [0, 0.05) is 0 Å². The highest BCUT2D eigenvalue weighted by atomic mass is 16.1. The average molecular weight is 254 g/mol. The average Bonchev–Trinajstić information content (AvgIpc) is 2.17. The van der Waals surface area contributed by atoms with Crippen LogP contribution >= 0.6 is 0 Å². The number of isocyanates is 2. The van der Waals surface area contributed by atoms with Crippen LogP contribution in [0.25, 0.3) is 0 Å². The Hall–Kier alpha value is -1.24. The summed E-state index contributed by atoms with van der Waals surface area (Å²) in [6.07, 6.45) is 11.1. The van der Waals surface area contributed by atoms with E-state index in [9.17, 15) is 0 Å². The first-order chi connectivity index (χ1) is 7.73. The lowest BCUT2D eigenvalue weighted by Crippen LogP contribution is -2.38. The third-order valence-corrected chi connectivity index (χ3v) is 4.00. The van der Waals surface area contributed by atoms with Gasteiger partial charge in [0.1, 0.15) is 0 Å². The van der Waals surface area contributed by atoms with Crippen molar-refractivity contribution in [2.75, 3.05) is 0 Å². The third-order valence-electron chi connectivity index (χ3n) is 4.00. The zero-order chi connectivity index (χ0) is 12.0. The maximum atomic E-state index is 8.35. The lowest BCUT2D eigenvalue weighted by molar-refractivity contribution is 0.0198. The van der Waals surface area contributed by atoms with Crippen LogP contribution in [0.1, 0.15) is 53.4 Å². The van der Waals surface area contributed by atoms with Gasteiger partial charge in [0.15, 0.2) is 0 Å². The van der Waals surface area contributed by atoms with Crippen LogP contribution in [-0.4, -0.2) is 12.2 Å². The lowest BCUT2D eigenvalue weighted by atomic mass is 9.56. The predicted molar refractivity (Wildman–Crippen MR) is 72.0 cm³/mol. The SMILES string of the molecule is C.C.C1C2CC3CC1CC(C2)C3.N=C=O.N=C=O. The minimum Gasteiger partial charge on any atom is -0.222 e. The molecule has 0 atom stereocenters. The summed E-state index contributed by atoms with van der Waals surface area (Å²) in [6.45, 7) is 0. The van der Waals surface area contributed by atoms with E-state index in [4.69, 9.17) is 20.4 Å². The fourth-order valence-corrected chi connectivity index (χ4v) is 3.98. The van der Waals surface area contributed by atoms with E-state index >= 15 is 0 Å². The van der Waals surface area contributed by atoms with Gasteiger partial charge in [0.25, 0.3) is 0 Å². The molecule has 4 aliphatic rings. The standard InChI is InChI=1S/C10H16.2CHNO.2CH4/c1-7-2-9-4-8(1)5-10(3-7)6-9;2*2-1-3;;/h7-10H,1-6H2;2*2H;2*1H4. The van der Waals surface area contributed by atoms with Crippen LogP contribution in [0.5, 0.6) is 0 Å². The highest BCUT2D eigenvalue weighted by Gasteiger charge is 2.41. The van der Waals surface area contributed by atoms with Crippen molar-refractivity contribution in [3.05, 3.63) is 0 Å². The van der Waals surface area contributed by atoms with Crippen molar-refractivity contribution in [2.24, 2.45) is 23.7 Å². The molecule has 4 saturated carbocycles. The molecule has 4 aliphatic carbocycles. The van der Waals surface area contributed by atoms with Gasteiger partial charge < -0.3 is 0 Å². The van der Waals surface area contributed by atoms with Gasteiger partial charge in [-0.1, -0.05) is 14.9 Å². The number of hydrogen-bond donors (Lipinski definition) is 2. The van der Waals surface area contributed by atoms with Crippen LogP contribution in [-0.2, 0) is 9.59 Å². The summed E-state index contributed by atoms with van der Waals surface area (Å²) in [6, 6.07) is 0. The van der Waals surface area contributed by atoms with Crippen molar-refractivity contribution >= 4 is 12.2 Å². The van der Waals surface area contributed by atoms with Crippen LogP contribution in [0.2, 0.25) is 0 Å². The van der Waals surface area contributed by atoms with Crippen molar-refractivity contribution in [2.45, 2.75) is 53.4 Å².